The number of allylic oxidation sites excluding steroid dienone is 2. The van der Waals surface area contributed by atoms with E-state index in [0.717, 1.165) is 71.1 Å². The lowest BCUT2D eigenvalue weighted by atomic mass is 9.81. The van der Waals surface area contributed by atoms with Gasteiger partial charge in [0.2, 0.25) is 5.60 Å². The summed E-state index contributed by atoms with van der Waals surface area (Å²) >= 11 is 0. The monoisotopic (exact) mass is 1010 g/mol. The standard InChI is InChI=1S/C26H42O9.C9H16O4.C8H14O4.C6H10O4/c1-3-4-5-6-7-8-9-10-11-12-13-14-15-16-17-18-22(30)35-26(25(33)34,19-21(28)29)23(20(2)27)24(31)32;10-8(11)6-4-2-1-3-5-7-9(12)13;9-7(10)5-3-1-2-4-6-8(11)12;7-5(8)3-1-2-4-6(9)10/h10-11,23H,3-9,12-19H2,1-2H3,(H,28,29)(H,31,32)(H,33,34);1-7H2,(H,10,11)(H,12,13);1-6H2,(H,9,10)(H,11,12);1-4H2,(H,7,8)(H,9,10)/b11-10-;;;. The van der Waals surface area contributed by atoms with Crippen LogP contribution in [0, 0.1) is 5.92 Å². The number of carboxylic acids is 9. The van der Waals surface area contributed by atoms with Gasteiger partial charge < -0.3 is 50.7 Å². The highest BCUT2D eigenvalue weighted by atomic mass is 16.6. The Balaban J connectivity index is -0.000000502. The summed E-state index contributed by atoms with van der Waals surface area (Å²) < 4.78 is 4.88. The maximum Gasteiger partial charge on any atom is 0.350 e. The predicted octanol–water partition coefficient (Wildman–Crippen LogP) is 9.25. The number of hydrogen-bond donors (Lipinski definition) is 9. The van der Waals surface area contributed by atoms with E-state index in [0.29, 0.717) is 51.4 Å². The molecule has 0 fully saturated rings. The van der Waals surface area contributed by atoms with Crippen molar-refractivity contribution in [3.63, 3.8) is 0 Å². The van der Waals surface area contributed by atoms with Gasteiger partial charge >= 0.3 is 59.7 Å². The van der Waals surface area contributed by atoms with Crippen LogP contribution in [-0.2, 0) is 57.5 Å². The van der Waals surface area contributed by atoms with E-state index < -0.39 is 83.4 Å². The largest absolute Gasteiger partial charge is 0.481 e. The first-order valence-corrected chi connectivity index (χ1v) is 24.3. The summed E-state index contributed by atoms with van der Waals surface area (Å²) in [6, 6.07) is 0. The average Bonchev–Trinajstić information content (AvgIpc) is 3.24. The van der Waals surface area contributed by atoms with Crippen LogP contribution in [0.15, 0.2) is 12.2 Å². The molecule has 0 aliphatic carbocycles. The highest BCUT2D eigenvalue weighted by Crippen LogP contribution is 2.30. The van der Waals surface area contributed by atoms with Crippen molar-refractivity contribution in [3.05, 3.63) is 12.2 Å². The number of ketones is 1. The molecule has 2 unspecified atom stereocenters. The summed E-state index contributed by atoms with van der Waals surface area (Å²) in [4.78, 5) is 119. The molecule has 0 aromatic rings. The first kappa shape index (κ1) is 70.7. The molecule has 0 radical (unpaired) electrons. The third-order valence-electron chi connectivity index (χ3n) is 10.2. The third-order valence-corrected chi connectivity index (χ3v) is 10.2. The zero-order chi connectivity index (χ0) is 54.2. The Hall–Kier alpha value is -5.89. The molecule has 0 aromatic carbocycles. The maximum atomic E-state index is 12.2. The minimum absolute atomic E-state index is 0.0628. The lowest BCUT2D eigenvalue weighted by Gasteiger charge is -2.31. The molecule has 9 N–H and O–H groups in total. The molecule has 0 bridgehead atoms. The summed E-state index contributed by atoms with van der Waals surface area (Å²) in [5.74, 6) is -14.9. The second-order valence-corrected chi connectivity index (χ2v) is 16.7. The molecule has 0 spiro atoms. The average molecular weight is 1010 g/mol. The van der Waals surface area contributed by atoms with Crippen LogP contribution in [0.1, 0.15) is 219 Å². The van der Waals surface area contributed by atoms with E-state index in [1.807, 2.05) is 0 Å². The first-order valence-electron chi connectivity index (χ1n) is 24.3. The summed E-state index contributed by atoms with van der Waals surface area (Å²) in [5.41, 5.74) is -3.00. The van der Waals surface area contributed by atoms with E-state index in [4.69, 9.17) is 40.5 Å². The Morgan fingerprint density at radius 2 is 0.657 bits per heavy atom. The number of esters is 1. The first-order chi connectivity index (χ1) is 33.0. The zero-order valence-corrected chi connectivity index (χ0v) is 41.3. The van der Waals surface area contributed by atoms with E-state index in [2.05, 4.69) is 19.1 Å². The van der Waals surface area contributed by atoms with Crippen LogP contribution in [-0.4, -0.2) is 117 Å². The Morgan fingerprint density at radius 3 is 0.914 bits per heavy atom. The van der Waals surface area contributed by atoms with Gasteiger partial charge in [-0.05, 0) is 77.6 Å². The van der Waals surface area contributed by atoms with Crippen molar-refractivity contribution >= 4 is 65.5 Å². The molecule has 404 valence electrons. The van der Waals surface area contributed by atoms with Gasteiger partial charge in [-0.2, -0.15) is 0 Å². The fourth-order valence-corrected chi connectivity index (χ4v) is 6.50. The van der Waals surface area contributed by atoms with E-state index in [1.54, 1.807) is 0 Å². The van der Waals surface area contributed by atoms with Crippen molar-refractivity contribution in [2.24, 2.45) is 5.92 Å². The lowest BCUT2D eigenvalue weighted by Crippen LogP contribution is -2.56. The highest BCUT2D eigenvalue weighted by Gasteiger charge is 2.57. The Kier molecular flexibility index (Phi) is 48.6. The van der Waals surface area contributed by atoms with Gasteiger partial charge in [0.05, 0.1) is 6.42 Å². The molecule has 0 aromatic heterocycles. The number of unbranched alkanes of at least 4 members (excludes halogenated alkanes) is 19. The Morgan fingerprint density at radius 1 is 0.386 bits per heavy atom. The third kappa shape index (κ3) is 51.5. The van der Waals surface area contributed by atoms with Gasteiger partial charge in [-0.15, -0.1) is 0 Å². The molecule has 21 nitrogen and oxygen atoms in total. The van der Waals surface area contributed by atoms with Gasteiger partial charge in [0.1, 0.15) is 5.78 Å². The normalized spacial score (nSPS) is 11.7. The molecule has 0 aliphatic rings. The van der Waals surface area contributed by atoms with Gasteiger partial charge in [0.15, 0.2) is 5.92 Å². The quantitative estimate of drug-likeness (QED) is 0.0119. The number of aliphatic carboxylic acids is 9. The van der Waals surface area contributed by atoms with Crippen LogP contribution in [0.3, 0.4) is 0 Å². The maximum absolute atomic E-state index is 12.2. The van der Waals surface area contributed by atoms with Crippen LogP contribution in [0.4, 0.5) is 0 Å². The minimum atomic E-state index is -3.00. The smallest absolute Gasteiger partial charge is 0.350 e. The SMILES string of the molecule is CCCCCCCC/C=C\CCCCCCCC(=O)OC(CC(=O)O)(C(=O)O)C(C(C)=O)C(=O)O.O=C(O)CCCCC(=O)O.O=C(O)CCCCCCC(=O)O.O=C(O)CCCCCCCC(=O)O. The van der Waals surface area contributed by atoms with Gasteiger partial charge in [0.25, 0.3) is 0 Å². The molecule has 0 saturated carbocycles. The number of carbonyl (C=O) groups is 11. The lowest BCUT2D eigenvalue weighted by molar-refractivity contribution is -0.194. The summed E-state index contributed by atoms with van der Waals surface area (Å²) in [5, 5.41) is 77.3. The molecule has 2 atom stereocenters. The van der Waals surface area contributed by atoms with Crippen LogP contribution in [0.5, 0.6) is 0 Å². The Bertz CT molecular complexity index is 1490. The van der Waals surface area contributed by atoms with Crippen molar-refractivity contribution in [1.82, 2.24) is 0 Å². The molecule has 21 heteroatoms. The molecule has 0 rings (SSSR count). The number of hydrogen-bond acceptors (Lipinski definition) is 12. The van der Waals surface area contributed by atoms with Crippen molar-refractivity contribution in [1.29, 1.82) is 0 Å². The van der Waals surface area contributed by atoms with Gasteiger partial charge in [-0.3, -0.25) is 47.9 Å². The summed E-state index contributed by atoms with van der Waals surface area (Å²) in [7, 11) is 0. The highest BCUT2D eigenvalue weighted by molar-refractivity contribution is 6.05. The number of carbonyl (C=O) groups excluding carboxylic acids is 2. The summed E-state index contributed by atoms with van der Waals surface area (Å²) in [6.07, 6.45) is 25.5. The second-order valence-electron chi connectivity index (χ2n) is 16.7. The van der Waals surface area contributed by atoms with Crippen LogP contribution >= 0.6 is 0 Å². The number of Topliss-reactive ketones (excluding diaryl/α,β-unsaturated/α-hetero) is 1. The van der Waals surface area contributed by atoms with Crippen molar-refractivity contribution in [2.75, 3.05) is 0 Å². The molecule has 0 amide bonds. The fourth-order valence-electron chi connectivity index (χ4n) is 6.50. The van der Waals surface area contributed by atoms with E-state index >= 15 is 0 Å². The van der Waals surface area contributed by atoms with Gasteiger partial charge in [0, 0.05) is 44.9 Å². The molecule has 0 aliphatic heterocycles. The second kappa shape index (κ2) is 48.1. The van der Waals surface area contributed by atoms with Crippen molar-refractivity contribution < 1.29 is 103 Å². The molecule has 0 heterocycles. The van der Waals surface area contributed by atoms with Crippen molar-refractivity contribution in [3.8, 4) is 0 Å². The predicted molar refractivity (Wildman–Crippen MR) is 254 cm³/mol. The van der Waals surface area contributed by atoms with Crippen LogP contribution in [0.2, 0.25) is 0 Å². The van der Waals surface area contributed by atoms with Gasteiger partial charge in [-0.1, -0.05) is 103 Å². The zero-order valence-electron chi connectivity index (χ0n) is 41.3. The molecular weight excluding hydrogens is 925 g/mol. The number of carboxylic acid groups (broad SMARTS) is 9. The van der Waals surface area contributed by atoms with E-state index in [9.17, 15) is 63.0 Å². The van der Waals surface area contributed by atoms with E-state index in [1.165, 1.54) is 38.5 Å². The molecule has 70 heavy (non-hydrogen) atoms. The van der Waals surface area contributed by atoms with E-state index in [-0.39, 0.29) is 44.9 Å². The van der Waals surface area contributed by atoms with Gasteiger partial charge in [-0.25, -0.2) is 4.79 Å². The summed E-state index contributed by atoms with van der Waals surface area (Å²) in [6.45, 7) is 3.03. The number of rotatable bonds is 42. The fraction of sp³-hybridized carbons (Fsp3) is 0.735. The molecular formula is C49H82O21. The topological polar surface area (TPSA) is 379 Å². The minimum Gasteiger partial charge on any atom is -0.481 e. The van der Waals surface area contributed by atoms with Crippen LogP contribution < -0.4 is 0 Å². The Labute approximate surface area is 411 Å². The van der Waals surface area contributed by atoms with Crippen LogP contribution in [0.25, 0.3) is 0 Å². The number of ether oxygens (including phenoxy) is 1. The molecule has 0 saturated heterocycles. The van der Waals surface area contributed by atoms with Crippen molar-refractivity contribution in [2.45, 2.75) is 225 Å².